The predicted molar refractivity (Wildman–Crippen MR) is 169 cm³/mol. The molecule has 8 nitrogen and oxygen atoms in total. The Labute approximate surface area is 284 Å². The zero-order valence-corrected chi connectivity index (χ0v) is 31.0. The number of rotatable bonds is 1. The minimum Gasteiger partial charge on any atom is -0.399 e. The maximum absolute atomic E-state index is 15.7. The molecule has 0 radical (unpaired) electrons. The van der Waals surface area contributed by atoms with Gasteiger partial charge in [-0.3, -0.25) is 9.36 Å². The molecule has 8 bridgehead atoms. The second-order valence-electron chi connectivity index (χ2n) is 12.8. The molecule has 4 aliphatic rings. The van der Waals surface area contributed by atoms with Gasteiger partial charge in [0.25, 0.3) is 11.5 Å². The Hall–Kier alpha value is -2.13. The number of anilines is 1. The molecule has 0 atom stereocenters. The van der Waals surface area contributed by atoms with Crippen molar-refractivity contribution in [2.45, 2.75) is 83.1 Å². The van der Waals surface area contributed by atoms with Gasteiger partial charge in [-0.2, -0.15) is 17.7 Å². The van der Waals surface area contributed by atoms with Crippen molar-refractivity contribution in [2.75, 3.05) is 36.5 Å². The van der Waals surface area contributed by atoms with Crippen molar-refractivity contribution in [3.8, 4) is 0 Å². The number of nitrogens with one attached hydrogen (secondary N) is 1. The van der Waals surface area contributed by atoms with Crippen molar-refractivity contribution in [3.63, 3.8) is 0 Å². The first-order chi connectivity index (χ1) is 21.1. The number of hydrogen-bond donors (Lipinski definition) is 1. The second-order valence-corrected chi connectivity index (χ2v) is 15.1. The van der Waals surface area contributed by atoms with Crippen LogP contribution in [0.2, 0.25) is 0 Å². The molecule has 0 amide bonds. The van der Waals surface area contributed by atoms with Gasteiger partial charge in [0.05, 0.1) is 16.9 Å². The fourth-order valence-corrected chi connectivity index (χ4v) is 8.55. The quantitative estimate of drug-likeness (QED) is 0.250. The summed E-state index contributed by atoms with van der Waals surface area (Å²) in [6, 6.07) is 8.32. The van der Waals surface area contributed by atoms with Crippen LogP contribution < -0.4 is 10.9 Å². The fourth-order valence-electron chi connectivity index (χ4n) is 7.06. The number of halogens is 2. The molecular formula is C33H42CdF2N5O3S-. The molecule has 0 spiro atoms. The molecule has 0 unspecified atom stereocenters. The summed E-state index contributed by atoms with van der Waals surface area (Å²) < 4.78 is 57.5. The average Bonchev–Trinajstić information content (AvgIpc) is 3.00. The van der Waals surface area contributed by atoms with E-state index in [9.17, 15) is 13.2 Å². The van der Waals surface area contributed by atoms with E-state index in [-0.39, 0.29) is 55.8 Å². The molecule has 1 aromatic carbocycles. The Balaban J connectivity index is 0.00000400. The van der Waals surface area contributed by atoms with Crippen molar-refractivity contribution in [1.29, 1.82) is 0 Å². The largest absolute Gasteiger partial charge is 0.399 e. The van der Waals surface area contributed by atoms with Gasteiger partial charge >= 0.3 is 0 Å². The van der Waals surface area contributed by atoms with E-state index in [2.05, 4.69) is 20.2 Å². The van der Waals surface area contributed by atoms with Crippen LogP contribution in [-0.2, 0) is 49.6 Å². The van der Waals surface area contributed by atoms with Gasteiger partial charge in [-0.15, -0.1) is 6.07 Å². The van der Waals surface area contributed by atoms with Crippen LogP contribution in [0.3, 0.4) is 0 Å². The monoisotopic (exact) mass is 740 g/mol. The van der Waals surface area contributed by atoms with E-state index >= 15 is 8.78 Å². The topological polar surface area (TPSA) is 97.2 Å². The third-order valence-corrected chi connectivity index (χ3v) is 11.4. The molecule has 2 saturated heterocycles. The first-order valence-corrected chi connectivity index (χ1v) is 17.9. The zero-order chi connectivity index (χ0) is 30.9. The third kappa shape index (κ3) is 7.72. The predicted octanol–water partition coefficient (Wildman–Crippen LogP) is 5.78. The number of hydrogen-bond acceptors (Lipinski definition) is 7. The summed E-state index contributed by atoms with van der Waals surface area (Å²) in [5, 5.41) is 3.90. The van der Waals surface area contributed by atoms with Crippen molar-refractivity contribution in [3.05, 3.63) is 69.7 Å². The molecule has 2 aromatic heterocycles. The van der Waals surface area contributed by atoms with Gasteiger partial charge in [-0.05, 0) is 82.6 Å². The van der Waals surface area contributed by atoms with Crippen LogP contribution in [-0.4, -0.2) is 59.0 Å². The van der Waals surface area contributed by atoms with Crippen molar-refractivity contribution in [2.24, 2.45) is 5.92 Å². The normalized spacial score (nSPS) is 24.2. The Bertz CT molecular complexity index is 1660. The van der Waals surface area contributed by atoms with Crippen LogP contribution >= 0.6 is 0 Å². The maximum Gasteiger partial charge on any atom is 0.265 e. The molecule has 12 heteroatoms. The number of aryl methyl sites for hydroxylation is 2. The molecule has 240 valence electrons. The van der Waals surface area contributed by atoms with Crippen LogP contribution in [0.5, 0.6) is 0 Å². The van der Waals surface area contributed by atoms with Crippen LogP contribution in [0.4, 0.5) is 14.6 Å². The van der Waals surface area contributed by atoms with Gasteiger partial charge in [0, 0.05) is 45.3 Å². The Morgan fingerprint density at radius 3 is 2.36 bits per heavy atom. The minimum atomic E-state index is -3.09. The molecule has 2 fully saturated rings. The van der Waals surface area contributed by atoms with Crippen LogP contribution in [0, 0.1) is 19.4 Å². The SMILES string of the molecule is Cc1nc2c3cc(C4CCS(=O)(=O)CC4)c(=O)n(c3n1)CCCCCCCN1CCC(CC1)C(F)(F)c1cccc(c1)[CH-]N2.[Cd]. The van der Waals surface area contributed by atoms with Crippen LogP contribution in [0.15, 0.2) is 35.1 Å². The summed E-state index contributed by atoms with van der Waals surface area (Å²) >= 11 is 0. The van der Waals surface area contributed by atoms with Crippen molar-refractivity contribution >= 4 is 26.7 Å². The van der Waals surface area contributed by atoms with Gasteiger partial charge in [0.2, 0.25) is 0 Å². The molecule has 0 aliphatic carbocycles. The van der Waals surface area contributed by atoms with Crippen molar-refractivity contribution < 1.29 is 44.5 Å². The van der Waals surface area contributed by atoms with Gasteiger partial charge < -0.3 is 10.2 Å². The molecular weight excluding hydrogens is 697 g/mol. The number of benzene rings is 1. The first kappa shape index (κ1) is 34.2. The molecule has 1 N–H and O–H groups in total. The number of pyridine rings is 1. The molecule has 4 aliphatic heterocycles. The number of sulfone groups is 1. The van der Waals surface area contributed by atoms with E-state index in [1.165, 1.54) is 6.07 Å². The maximum atomic E-state index is 15.7. The van der Waals surface area contributed by atoms with E-state index in [1.54, 1.807) is 36.2 Å². The van der Waals surface area contributed by atoms with Crippen molar-refractivity contribution in [1.82, 2.24) is 19.4 Å². The Kier molecular flexibility index (Phi) is 10.9. The molecule has 0 saturated carbocycles. The number of nitrogens with zero attached hydrogens (tertiary/aromatic N) is 4. The van der Waals surface area contributed by atoms with E-state index in [0.717, 1.165) is 38.6 Å². The van der Waals surface area contributed by atoms with Gasteiger partial charge in [0.15, 0.2) is 0 Å². The van der Waals surface area contributed by atoms with Gasteiger partial charge in [0.1, 0.15) is 27.1 Å². The zero-order valence-electron chi connectivity index (χ0n) is 26.1. The molecule has 7 rings (SSSR count). The van der Waals surface area contributed by atoms with E-state index in [4.69, 9.17) is 0 Å². The first-order valence-electron chi connectivity index (χ1n) is 16.0. The Morgan fingerprint density at radius 2 is 1.62 bits per heavy atom. The summed E-state index contributed by atoms with van der Waals surface area (Å²) in [5.74, 6) is -2.67. The summed E-state index contributed by atoms with van der Waals surface area (Å²) in [5.41, 5.74) is 1.62. The number of piperidine rings is 1. The fraction of sp³-hybridized carbons (Fsp3) is 0.576. The van der Waals surface area contributed by atoms with E-state index in [0.29, 0.717) is 79.1 Å². The average molecular weight is 739 g/mol. The van der Waals surface area contributed by atoms with E-state index in [1.807, 2.05) is 6.07 Å². The molecule has 3 aromatic rings. The van der Waals surface area contributed by atoms with E-state index < -0.39 is 21.7 Å². The minimum absolute atomic E-state index is 0. The van der Waals surface area contributed by atoms with Gasteiger partial charge in [-0.1, -0.05) is 31.9 Å². The number of fused-ring (bicyclic) bond motifs is 9. The summed E-state index contributed by atoms with van der Waals surface area (Å²) in [6.07, 6.45) is 6.69. The number of alkyl halides is 2. The van der Waals surface area contributed by atoms with Crippen LogP contribution in [0.1, 0.15) is 86.2 Å². The second kappa shape index (κ2) is 14.3. The smallest absolute Gasteiger partial charge is 0.265 e. The van der Waals surface area contributed by atoms with Gasteiger partial charge in [-0.25, -0.2) is 27.2 Å². The molecule has 45 heavy (non-hydrogen) atoms. The summed E-state index contributed by atoms with van der Waals surface area (Å²) in [7, 11) is -3.09. The molecule has 6 heterocycles. The third-order valence-electron chi connectivity index (χ3n) is 9.68. The van der Waals surface area contributed by atoms with Crippen LogP contribution in [0.25, 0.3) is 11.0 Å². The Morgan fingerprint density at radius 1 is 0.933 bits per heavy atom. The standard InChI is InChI=1S/C33H42F2N5O3S.Cd/c1-23-37-30-29-21-28(25-12-18-44(42,43)19-13-25)32(41)40(31(29)38-23)15-6-4-2-3-5-14-39-16-10-26(11-17-39)33(34,35)27-9-7-8-24(20-27)22-36-30;/h7-9,20-22,25-26H,2-6,10-19H2,1H3,(H,36,37,38);/q-1;. The summed E-state index contributed by atoms with van der Waals surface area (Å²) in [6.45, 7) is 6.28. The number of aromatic nitrogens is 3. The summed E-state index contributed by atoms with van der Waals surface area (Å²) in [4.78, 5) is 25.6.